The normalized spacial score (nSPS) is 27.4. The van der Waals surface area contributed by atoms with Crippen LogP contribution in [0.5, 0.6) is 5.75 Å². The molecule has 1 aliphatic heterocycles. The number of rotatable bonds is 1. The number of methoxy groups -OCH3 is 1. The van der Waals surface area contributed by atoms with Crippen molar-refractivity contribution < 1.29 is 14.3 Å². The van der Waals surface area contributed by atoms with Crippen molar-refractivity contribution in [3.63, 3.8) is 0 Å². The molecule has 16 heavy (non-hydrogen) atoms. The van der Waals surface area contributed by atoms with Crippen molar-refractivity contribution in [3.8, 4) is 5.75 Å². The molecule has 3 heteroatoms. The summed E-state index contributed by atoms with van der Waals surface area (Å²) < 4.78 is 10.7. The first-order valence-electron chi connectivity index (χ1n) is 5.58. The molecule has 3 nitrogen and oxygen atoms in total. The first kappa shape index (κ1) is 9.85. The van der Waals surface area contributed by atoms with Gasteiger partial charge in [-0.25, -0.2) is 0 Å². The van der Waals surface area contributed by atoms with Crippen LogP contribution in [-0.2, 0) is 4.74 Å². The fourth-order valence-corrected chi connectivity index (χ4v) is 2.72. The van der Waals surface area contributed by atoms with Crippen LogP contribution in [0, 0.1) is 5.92 Å². The number of hydrogen-bond acceptors (Lipinski definition) is 3. The fourth-order valence-electron chi connectivity index (χ4n) is 2.72. The summed E-state index contributed by atoms with van der Waals surface area (Å²) in [7, 11) is 1.65. The second-order valence-corrected chi connectivity index (χ2v) is 4.48. The van der Waals surface area contributed by atoms with Gasteiger partial charge in [-0.15, -0.1) is 0 Å². The first-order valence-corrected chi connectivity index (χ1v) is 5.58. The maximum Gasteiger partial charge on any atom is 0.163 e. The number of benzene rings is 1. The number of ketones is 1. The van der Waals surface area contributed by atoms with Gasteiger partial charge in [-0.1, -0.05) is 0 Å². The minimum atomic E-state index is 0.240. The van der Waals surface area contributed by atoms with Gasteiger partial charge in [0, 0.05) is 17.9 Å². The summed E-state index contributed by atoms with van der Waals surface area (Å²) >= 11 is 0. The molecule has 0 N–H and O–H groups in total. The van der Waals surface area contributed by atoms with Crippen LogP contribution < -0.4 is 4.74 Å². The van der Waals surface area contributed by atoms with Crippen LogP contribution in [0.3, 0.4) is 0 Å². The molecule has 1 aliphatic carbocycles. The second-order valence-electron chi connectivity index (χ2n) is 4.48. The molecule has 0 amide bonds. The minimum Gasteiger partial charge on any atom is -0.497 e. The monoisotopic (exact) mass is 218 g/mol. The van der Waals surface area contributed by atoms with E-state index in [4.69, 9.17) is 9.47 Å². The zero-order valence-corrected chi connectivity index (χ0v) is 9.23. The Kier molecular flexibility index (Phi) is 2.21. The fraction of sp³-hybridized carbons (Fsp3) is 0.462. The van der Waals surface area contributed by atoms with E-state index in [1.165, 1.54) is 0 Å². The van der Waals surface area contributed by atoms with Gasteiger partial charge in [0.1, 0.15) is 5.75 Å². The van der Waals surface area contributed by atoms with Gasteiger partial charge in [0.05, 0.1) is 20.3 Å². The van der Waals surface area contributed by atoms with E-state index in [1.54, 1.807) is 7.11 Å². The molecular weight excluding hydrogens is 204 g/mol. The Morgan fingerprint density at radius 2 is 2.25 bits per heavy atom. The van der Waals surface area contributed by atoms with Gasteiger partial charge in [-0.2, -0.15) is 0 Å². The van der Waals surface area contributed by atoms with Gasteiger partial charge in [-0.3, -0.25) is 4.79 Å². The third kappa shape index (κ3) is 1.35. The molecule has 1 saturated heterocycles. The Hall–Kier alpha value is -1.35. The number of Topliss-reactive ketones (excluding diaryl/α,β-unsaturated/α-hetero) is 1. The van der Waals surface area contributed by atoms with E-state index >= 15 is 0 Å². The van der Waals surface area contributed by atoms with Gasteiger partial charge >= 0.3 is 0 Å². The number of hydrogen-bond donors (Lipinski definition) is 0. The molecule has 0 saturated carbocycles. The molecule has 1 fully saturated rings. The highest BCUT2D eigenvalue weighted by Gasteiger charge is 2.38. The predicted octanol–water partition coefficient (Wildman–Crippen LogP) is 2.01. The van der Waals surface area contributed by atoms with Gasteiger partial charge < -0.3 is 9.47 Å². The summed E-state index contributed by atoms with van der Waals surface area (Å²) in [6.45, 7) is 1.45. The first-order chi connectivity index (χ1) is 7.79. The molecule has 1 aromatic rings. The van der Waals surface area contributed by atoms with Crippen molar-refractivity contribution in [2.75, 3.05) is 20.3 Å². The van der Waals surface area contributed by atoms with E-state index in [-0.39, 0.29) is 5.78 Å². The molecule has 2 atom stereocenters. The van der Waals surface area contributed by atoms with Gasteiger partial charge in [0.2, 0.25) is 0 Å². The van der Waals surface area contributed by atoms with Crippen molar-refractivity contribution in [1.29, 1.82) is 0 Å². The molecule has 0 aromatic heterocycles. The van der Waals surface area contributed by atoms with Crippen molar-refractivity contribution in [2.24, 2.45) is 5.92 Å². The average molecular weight is 218 g/mol. The molecule has 1 aromatic carbocycles. The highest BCUT2D eigenvalue weighted by Crippen LogP contribution is 2.41. The van der Waals surface area contributed by atoms with E-state index in [1.807, 2.05) is 18.2 Å². The Bertz CT molecular complexity index is 439. The number of carbonyl (C=O) groups excluding carboxylic acids is 1. The van der Waals surface area contributed by atoms with E-state index in [2.05, 4.69) is 0 Å². The number of fused-ring (bicyclic) bond motifs is 3. The molecule has 0 radical (unpaired) electrons. The summed E-state index contributed by atoms with van der Waals surface area (Å²) in [4.78, 5) is 11.9. The van der Waals surface area contributed by atoms with Gasteiger partial charge in [-0.05, 0) is 29.7 Å². The van der Waals surface area contributed by atoms with Crippen LogP contribution >= 0.6 is 0 Å². The van der Waals surface area contributed by atoms with Crippen molar-refractivity contribution >= 4 is 5.78 Å². The summed E-state index contributed by atoms with van der Waals surface area (Å²) in [5.41, 5.74) is 1.96. The van der Waals surface area contributed by atoms with Crippen molar-refractivity contribution in [1.82, 2.24) is 0 Å². The van der Waals surface area contributed by atoms with Crippen LogP contribution in [0.1, 0.15) is 28.3 Å². The molecule has 3 rings (SSSR count). The lowest BCUT2D eigenvalue weighted by Gasteiger charge is -2.25. The molecule has 2 aliphatic rings. The molecule has 1 heterocycles. The standard InChI is InChI=1S/C13H14O3/c1-15-9-2-3-10-11(5-9)12-7-16-6-8(12)4-13(10)14/h2-3,5,8,12H,4,6-7H2,1H3/t8-,12?/m0/s1. The highest BCUT2D eigenvalue weighted by molar-refractivity contribution is 5.99. The van der Waals surface area contributed by atoms with E-state index < -0.39 is 0 Å². The summed E-state index contributed by atoms with van der Waals surface area (Å²) in [5.74, 6) is 1.80. The Morgan fingerprint density at radius 1 is 1.38 bits per heavy atom. The quantitative estimate of drug-likeness (QED) is 0.723. The zero-order valence-electron chi connectivity index (χ0n) is 9.23. The maximum absolute atomic E-state index is 11.9. The van der Waals surface area contributed by atoms with Gasteiger partial charge in [0.15, 0.2) is 5.78 Å². The molecule has 84 valence electrons. The molecule has 0 bridgehead atoms. The topological polar surface area (TPSA) is 35.5 Å². The lowest BCUT2D eigenvalue weighted by molar-refractivity contribution is 0.0940. The van der Waals surface area contributed by atoms with E-state index in [9.17, 15) is 4.79 Å². The van der Waals surface area contributed by atoms with Crippen LogP contribution in [-0.4, -0.2) is 26.1 Å². The summed E-state index contributed by atoms with van der Waals surface area (Å²) in [5, 5.41) is 0. The number of carbonyl (C=O) groups is 1. The summed E-state index contributed by atoms with van der Waals surface area (Å²) in [6.07, 6.45) is 0.629. The second kappa shape index (κ2) is 3.59. The van der Waals surface area contributed by atoms with Crippen LogP contribution in [0.25, 0.3) is 0 Å². The highest BCUT2D eigenvalue weighted by atomic mass is 16.5. The third-order valence-electron chi connectivity index (χ3n) is 3.60. The van der Waals surface area contributed by atoms with Crippen LogP contribution in [0.2, 0.25) is 0 Å². The Morgan fingerprint density at radius 3 is 3.06 bits per heavy atom. The number of ether oxygens (including phenoxy) is 2. The minimum absolute atomic E-state index is 0.240. The van der Waals surface area contributed by atoms with Crippen LogP contribution in [0.15, 0.2) is 18.2 Å². The summed E-state index contributed by atoms with van der Waals surface area (Å²) in [6, 6.07) is 5.72. The van der Waals surface area contributed by atoms with E-state index in [0.29, 0.717) is 24.9 Å². The third-order valence-corrected chi connectivity index (χ3v) is 3.60. The Balaban J connectivity index is 2.10. The van der Waals surface area contributed by atoms with Gasteiger partial charge in [0.25, 0.3) is 0 Å². The van der Waals surface area contributed by atoms with E-state index in [0.717, 1.165) is 23.5 Å². The Labute approximate surface area is 94.4 Å². The molecule has 0 spiro atoms. The maximum atomic E-state index is 11.9. The van der Waals surface area contributed by atoms with Crippen molar-refractivity contribution in [3.05, 3.63) is 29.3 Å². The SMILES string of the molecule is COc1ccc2c(c1)C1COC[C@@H]1CC2=O. The predicted molar refractivity (Wildman–Crippen MR) is 59.0 cm³/mol. The lowest BCUT2D eigenvalue weighted by Crippen LogP contribution is -2.23. The molecule has 1 unspecified atom stereocenters. The largest absolute Gasteiger partial charge is 0.497 e. The van der Waals surface area contributed by atoms with Crippen molar-refractivity contribution in [2.45, 2.75) is 12.3 Å². The molecular formula is C13H14O3. The van der Waals surface area contributed by atoms with Crippen LogP contribution in [0.4, 0.5) is 0 Å². The zero-order chi connectivity index (χ0) is 11.1. The average Bonchev–Trinajstić information content (AvgIpc) is 2.76. The lowest BCUT2D eigenvalue weighted by atomic mass is 9.76. The smallest absolute Gasteiger partial charge is 0.163 e.